The summed E-state index contributed by atoms with van der Waals surface area (Å²) >= 11 is 2.10. The number of hydrogen-bond acceptors (Lipinski definition) is 4. The minimum Gasteiger partial charge on any atom is -0.385 e. The maximum Gasteiger partial charge on any atom is 0.0590 e. The van der Waals surface area contributed by atoms with Crippen molar-refractivity contribution in [2.24, 2.45) is 0 Å². The summed E-state index contributed by atoms with van der Waals surface area (Å²) in [6.07, 6.45) is 3.71. The second kappa shape index (κ2) is 8.34. The lowest BCUT2D eigenvalue weighted by atomic mass is 10.1. The van der Waals surface area contributed by atoms with Gasteiger partial charge in [-0.05, 0) is 31.9 Å². The average Bonchev–Trinajstić information content (AvgIpc) is 2.70. The number of ether oxygens (including phenoxy) is 2. The summed E-state index contributed by atoms with van der Waals surface area (Å²) in [6.45, 7) is 6.84. The standard InChI is InChI=1S/C12H25NO2S/c1-12(5-3-10-16-12)11-13-6-9-15-8-4-7-14-2/h13H,3-11H2,1-2H3. The average molecular weight is 247 g/mol. The van der Waals surface area contributed by atoms with Gasteiger partial charge in [-0.15, -0.1) is 0 Å². The maximum absolute atomic E-state index is 5.48. The van der Waals surface area contributed by atoms with E-state index >= 15 is 0 Å². The largest absolute Gasteiger partial charge is 0.385 e. The molecule has 16 heavy (non-hydrogen) atoms. The van der Waals surface area contributed by atoms with Crippen molar-refractivity contribution in [3.63, 3.8) is 0 Å². The Bertz CT molecular complexity index is 172. The Morgan fingerprint density at radius 3 is 2.88 bits per heavy atom. The van der Waals surface area contributed by atoms with Crippen molar-refractivity contribution >= 4 is 11.8 Å². The van der Waals surface area contributed by atoms with Crippen molar-refractivity contribution in [2.75, 3.05) is 45.8 Å². The second-order valence-corrected chi connectivity index (χ2v) is 6.22. The fraction of sp³-hybridized carbons (Fsp3) is 1.00. The van der Waals surface area contributed by atoms with E-state index in [9.17, 15) is 0 Å². The molecule has 0 radical (unpaired) electrons. The monoisotopic (exact) mass is 247 g/mol. The van der Waals surface area contributed by atoms with E-state index in [1.165, 1.54) is 18.6 Å². The van der Waals surface area contributed by atoms with Crippen molar-refractivity contribution in [3.05, 3.63) is 0 Å². The minimum absolute atomic E-state index is 0.468. The number of hydrogen-bond donors (Lipinski definition) is 1. The molecule has 0 spiro atoms. The lowest BCUT2D eigenvalue weighted by molar-refractivity contribution is 0.104. The smallest absolute Gasteiger partial charge is 0.0590 e. The molecule has 1 fully saturated rings. The van der Waals surface area contributed by atoms with Gasteiger partial charge in [0.05, 0.1) is 6.61 Å². The first-order chi connectivity index (χ1) is 7.77. The molecule has 1 unspecified atom stereocenters. The van der Waals surface area contributed by atoms with Crippen LogP contribution in [0.25, 0.3) is 0 Å². The molecule has 0 bridgehead atoms. The Morgan fingerprint density at radius 1 is 1.31 bits per heavy atom. The van der Waals surface area contributed by atoms with Gasteiger partial charge in [0.1, 0.15) is 0 Å². The van der Waals surface area contributed by atoms with Crippen molar-refractivity contribution in [1.82, 2.24) is 5.32 Å². The molecule has 3 nitrogen and oxygen atoms in total. The highest BCUT2D eigenvalue weighted by Gasteiger charge is 2.28. The van der Waals surface area contributed by atoms with Crippen LogP contribution in [0.3, 0.4) is 0 Å². The lowest BCUT2D eigenvalue weighted by Gasteiger charge is -2.22. The molecule has 1 heterocycles. The van der Waals surface area contributed by atoms with Gasteiger partial charge in [-0.1, -0.05) is 0 Å². The summed E-state index contributed by atoms with van der Waals surface area (Å²) in [5.41, 5.74) is 0. The molecule has 0 saturated carbocycles. The number of thioether (sulfide) groups is 1. The van der Waals surface area contributed by atoms with Crippen LogP contribution in [0.1, 0.15) is 26.2 Å². The van der Waals surface area contributed by atoms with Crippen LogP contribution in [-0.2, 0) is 9.47 Å². The summed E-state index contributed by atoms with van der Waals surface area (Å²) in [5, 5.41) is 3.48. The lowest BCUT2D eigenvalue weighted by Crippen LogP contribution is -2.34. The van der Waals surface area contributed by atoms with Crippen molar-refractivity contribution in [3.8, 4) is 0 Å². The van der Waals surface area contributed by atoms with E-state index in [2.05, 4.69) is 24.0 Å². The van der Waals surface area contributed by atoms with Crippen molar-refractivity contribution in [1.29, 1.82) is 0 Å². The Labute approximate surface area is 104 Å². The molecule has 4 heteroatoms. The molecule has 0 amide bonds. The van der Waals surface area contributed by atoms with Crippen molar-refractivity contribution in [2.45, 2.75) is 30.9 Å². The second-order valence-electron chi connectivity index (χ2n) is 4.54. The van der Waals surface area contributed by atoms with Gasteiger partial charge in [0, 0.05) is 38.2 Å². The summed E-state index contributed by atoms with van der Waals surface area (Å²) in [6, 6.07) is 0. The first-order valence-electron chi connectivity index (χ1n) is 6.18. The SMILES string of the molecule is COCCCOCCNCC1(C)CCCS1. The fourth-order valence-corrected chi connectivity index (χ4v) is 3.16. The van der Waals surface area contributed by atoms with Crippen LogP contribution >= 0.6 is 11.8 Å². The molecule has 96 valence electrons. The molecular weight excluding hydrogens is 222 g/mol. The zero-order chi connectivity index (χ0) is 11.7. The molecule has 1 rings (SSSR count). The van der Waals surface area contributed by atoms with Gasteiger partial charge >= 0.3 is 0 Å². The van der Waals surface area contributed by atoms with Crippen LogP contribution in [0.2, 0.25) is 0 Å². The molecule has 0 aromatic carbocycles. The molecule has 0 aromatic rings. The molecule has 1 aliphatic heterocycles. The highest BCUT2D eigenvalue weighted by molar-refractivity contribution is 8.00. The van der Waals surface area contributed by atoms with E-state index in [-0.39, 0.29) is 0 Å². The van der Waals surface area contributed by atoms with Gasteiger partial charge in [0.15, 0.2) is 0 Å². The predicted octanol–water partition coefficient (Wildman–Crippen LogP) is 1.91. The Kier molecular flexibility index (Phi) is 7.45. The van der Waals surface area contributed by atoms with Gasteiger partial charge in [-0.2, -0.15) is 11.8 Å². The van der Waals surface area contributed by atoms with E-state index in [0.29, 0.717) is 4.75 Å². The third kappa shape index (κ3) is 6.09. The fourth-order valence-electron chi connectivity index (χ4n) is 1.88. The molecule has 1 saturated heterocycles. The normalized spacial score (nSPS) is 25.1. The topological polar surface area (TPSA) is 30.5 Å². The summed E-state index contributed by atoms with van der Waals surface area (Å²) in [4.78, 5) is 0. The summed E-state index contributed by atoms with van der Waals surface area (Å²) < 4.78 is 10.9. The van der Waals surface area contributed by atoms with E-state index in [4.69, 9.17) is 9.47 Å². The summed E-state index contributed by atoms with van der Waals surface area (Å²) in [7, 11) is 1.72. The minimum atomic E-state index is 0.468. The van der Waals surface area contributed by atoms with Crippen LogP contribution in [0.5, 0.6) is 0 Å². The van der Waals surface area contributed by atoms with E-state index in [0.717, 1.165) is 39.3 Å². The van der Waals surface area contributed by atoms with Crippen LogP contribution in [0.15, 0.2) is 0 Å². The third-order valence-corrected chi connectivity index (χ3v) is 4.40. The number of nitrogens with one attached hydrogen (secondary N) is 1. The third-order valence-electron chi connectivity index (χ3n) is 2.86. The van der Waals surface area contributed by atoms with Gasteiger partial charge in [0.2, 0.25) is 0 Å². The quantitative estimate of drug-likeness (QED) is 0.631. The van der Waals surface area contributed by atoms with Crippen LogP contribution in [0.4, 0.5) is 0 Å². The van der Waals surface area contributed by atoms with E-state index in [1.807, 2.05) is 0 Å². The Balaban J connectivity index is 1.84. The number of methoxy groups -OCH3 is 1. The molecule has 1 atom stereocenters. The summed E-state index contributed by atoms with van der Waals surface area (Å²) in [5.74, 6) is 1.33. The zero-order valence-electron chi connectivity index (χ0n) is 10.6. The van der Waals surface area contributed by atoms with Gasteiger partial charge in [-0.25, -0.2) is 0 Å². The highest BCUT2D eigenvalue weighted by atomic mass is 32.2. The van der Waals surface area contributed by atoms with Gasteiger partial charge in [0.25, 0.3) is 0 Å². The molecular formula is C12H25NO2S. The first-order valence-corrected chi connectivity index (χ1v) is 7.17. The maximum atomic E-state index is 5.48. The number of rotatable bonds is 9. The van der Waals surface area contributed by atoms with Crippen molar-refractivity contribution < 1.29 is 9.47 Å². The first kappa shape index (κ1) is 14.3. The highest BCUT2D eigenvalue weighted by Crippen LogP contribution is 2.36. The van der Waals surface area contributed by atoms with E-state index < -0.39 is 0 Å². The van der Waals surface area contributed by atoms with Crippen LogP contribution < -0.4 is 5.32 Å². The van der Waals surface area contributed by atoms with Crippen LogP contribution in [-0.4, -0.2) is 50.5 Å². The van der Waals surface area contributed by atoms with E-state index in [1.54, 1.807) is 7.11 Å². The molecule has 1 aliphatic rings. The molecule has 0 aromatic heterocycles. The molecule has 0 aliphatic carbocycles. The van der Waals surface area contributed by atoms with Gasteiger partial charge < -0.3 is 14.8 Å². The van der Waals surface area contributed by atoms with Crippen LogP contribution in [0, 0.1) is 0 Å². The Morgan fingerprint density at radius 2 is 2.19 bits per heavy atom. The molecule has 1 N–H and O–H groups in total. The zero-order valence-corrected chi connectivity index (χ0v) is 11.4. The predicted molar refractivity (Wildman–Crippen MR) is 70.3 cm³/mol. The Hall–Kier alpha value is 0.230. The van der Waals surface area contributed by atoms with Gasteiger partial charge in [-0.3, -0.25) is 0 Å².